The van der Waals surface area contributed by atoms with E-state index in [-0.39, 0.29) is 5.83 Å². The Morgan fingerprint density at radius 2 is 2.12 bits per heavy atom. The molecule has 0 saturated carbocycles. The fourth-order valence-corrected chi connectivity index (χ4v) is 0.628. The predicted octanol–water partition coefficient (Wildman–Crippen LogP) is 1.48. The van der Waals surface area contributed by atoms with Gasteiger partial charge in [-0.05, 0) is 18.6 Å². The number of halogens is 1. The van der Waals surface area contributed by atoms with Crippen LogP contribution in [0.2, 0.25) is 0 Å². The van der Waals surface area contributed by atoms with Crippen molar-refractivity contribution >= 4 is 0 Å². The molecule has 0 heterocycles. The van der Waals surface area contributed by atoms with E-state index in [0.29, 0.717) is 12.8 Å². The quantitative estimate of drug-likeness (QED) is 0.506. The monoisotopic (exact) mass is 113 g/mol. The average molecular weight is 113 g/mol. The zero-order valence-corrected chi connectivity index (χ0v) is 4.52. The number of hydrogen-bond donors (Lipinski definition) is 1. The summed E-state index contributed by atoms with van der Waals surface area (Å²) in [5, 5.41) is 0. The Morgan fingerprint density at radius 1 is 1.38 bits per heavy atom. The van der Waals surface area contributed by atoms with Crippen LogP contribution in [0.1, 0.15) is 12.8 Å². The van der Waals surface area contributed by atoms with Gasteiger partial charge in [-0.25, -0.2) is 4.39 Å². The second kappa shape index (κ2) is 1.99. The molecule has 2 N–H and O–H groups in total. The molecule has 0 aromatic carbocycles. The van der Waals surface area contributed by atoms with Gasteiger partial charge in [0.2, 0.25) is 0 Å². The normalized spacial score (nSPS) is 19.6. The Kier molecular flexibility index (Phi) is 1.33. The highest BCUT2D eigenvalue weighted by Crippen LogP contribution is 2.14. The molecule has 44 valence electrons. The molecule has 0 saturated heterocycles. The first-order valence-corrected chi connectivity index (χ1v) is 2.60. The molecule has 0 fully saturated rings. The second-order valence-corrected chi connectivity index (χ2v) is 1.86. The second-order valence-electron chi connectivity index (χ2n) is 1.86. The molecule has 0 aromatic heterocycles. The van der Waals surface area contributed by atoms with Gasteiger partial charge in [-0.15, -0.1) is 0 Å². The van der Waals surface area contributed by atoms with Crippen molar-refractivity contribution in [1.29, 1.82) is 0 Å². The van der Waals surface area contributed by atoms with Crippen molar-refractivity contribution in [2.75, 3.05) is 0 Å². The molecule has 1 aliphatic carbocycles. The van der Waals surface area contributed by atoms with Gasteiger partial charge in [-0.3, -0.25) is 0 Å². The molecule has 0 bridgehead atoms. The van der Waals surface area contributed by atoms with Crippen molar-refractivity contribution in [2.24, 2.45) is 5.73 Å². The smallest absolute Gasteiger partial charge is 0.100 e. The molecule has 1 rings (SSSR count). The van der Waals surface area contributed by atoms with Crippen molar-refractivity contribution in [1.82, 2.24) is 0 Å². The van der Waals surface area contributed by atoms with Crippen LogP contribution in [0.5, 0.6) is 0 Å². The van der Waals surface area contributed by atoms with Crippen molar-refractivity contribution in [3.8, 4) is 0 Å². The maximum Gasteiger partial charge on any atom is 0.100 e. The first-order chi connectivity index (χ1) is 3.79. The van der Waals surface area contributed by atoms with Gasteiger partial charge in [0.1, 0.15) is 5.83 Å². The van der Waals surface area contributed by atoms with Gasteiger partial charge in [0.15, 0.2) is 0 Å². The van der Waals surface area contributed by atoms with E-state index in [1.165, 1.54) is 6.08 Å². The first kappa shape index (κ1) is 5.35. The van der Waals surface area contributed by atoms with Crippen molar-refractivity contribution < 1.29 is 4.39 Å². The molecule has 0 unspecified atom stereocenters. The highest BCUT2D eigenvalue weighted by Gasteiger charge is 1.99. The molecule has 0 radical (unpaired) electrons. The zero-order chi connectivity index (χ0) is 5.98. The van der Waals surface area contributed by atoms with E-state index < -0.39 is 0 Å². The van der Waals surface area contributed by atoms with E-state index in [2.05, 4.69) is 0 Å². The van der Waals surface area contributed by atoms with Crippen LogP contribution in [0.15, 0.2) is 23.7 Å². The third-order valence-corrected chi connectivity index (χ3v) is 1.13. The Labute approximate surface area is 47.7 Å². The molecule has 0 amide bonds. The lowest BCUT2D eigenvalue weighted by molar-refractivity contribution is 0.581. The lowest BCUT2D eigenvalue weighted by atomic mass is 10.1. The molecular weight excluding hydrogens is 105 g/mol. The van der Waals surface area contributed by atoms with Gasteiger partial charge >= 0.3 is 0 Å². The molecule has 0 aromatic rings. The highest BCUT2D eigenvalue weighted by atomic mass is 19.1. The number of nitrogens with two attached hydrogens (primary N) is 1. The molecule has 1 nitrogen and oxygen atoms in total. The summed E-state index contributed by atoms with van der Waals surface area (Å²) in [5.41, 5.74) is 6.12. The summed E-state index contributed by atoms with van der Waals surface area (Å²) in [4.78, 5) is 0. The standard InChI is InChI=1S/C6H8FN/c7-5-1-3-6(8)4-2-5/h1,3H,2,4,8H2. The van der Waals surface area contributed by atoms with Crippen LogP contribution < -0.4 is 5.73 Å². The Bertz CT molecular complexity index is 129. The SMILES string of the molecule is NC1=CC=C(F)CC1. The minimum Gasteiger partial charge on any atom is -0.402 e. The van der Waals surface area contributed by atoms with Crippen molar-refractivity contribution in [2.45, 2.75) is 12.8 Å². The maximum atomic E-state index is 12.1. The number of allylic oxidation sites excluding steroid dienone is 4. The van der Waals surface area contributed by atoms with Gasteiger partial charge in [-0.1, -0.05) is 0 Å². The summed E-state index contributed by atoms with van der Waals surface area (Å²) in [6, 6.07) is 0. The van der Waals surface area contributed by atoms with E-state index >= 15 is 0 Å². The van der Waals surface area contributed by atoms with E-state index in [1.54, 1.807) is 6.08 Å². The fourth-order valence-electron chi connectivity index (χ4n) is 0.628. The minimum atomic E-state index is -0.0702. The third-order valence-electron chi connectivity index (χ3n) is 1.13. The summed E-state index contributed by atoms with van der Waals surface area (Å²) in [6.07, 6.45) is 4.17. The number of hydrogen-bond acceptors (Lipinski definition) is 1. The summed E-state index contributed by atoms with van der Waals surface area (Å²) >= 11 is 0. The Balaban J connectivity index is 2.65. The Morgan fingerprint density at radius 3 is 2.50 bits per heavy atom. The van der Waals surface area contributed by atoms with E-state index in [9.17, 15) is 4.39 Å². The minimum absolute atomic E-state index is 0.0702. The molecule has 0 aliphatic heterocycles. The molecule has 8 heavy (non-hydrogen) atoms. The predicted molar refractivity (Wildman–Crippen MR) is 30.7 cm³/mol. The van der Waals surface area contributed by atoms with Crippen LogP contribution in [0.4, 0.5) is 4.39 Å². The third kappa shape index (κ3) is 1.09. The molecule has 2 heteroatoms. The summed E-state index contributed by atoms with van der Waals surface area (Å²) in [5.74, 6) is -0.0702. The lowest BCUT2D eigenvalue weighted by Crippen LogP contribution is -1.99. The summed E-state index contributed by atoms with van der Waals surface area (Å²) in [6.45, 7) is 0. The van der Waals surface area contributed by atoms with Crippen molar-refractivity contribution in [3.63, 3.8) is 0 Å². The van der Waals surface area contributed by atoms with Crippen LogP contribution in [-0.2, 0) is 0 Å². The average Bonchev–Trinajstić information content (AvgIpc) is 1.77. The fraction of sp³-hybridized carbons (Fsp3) is 0.333. The van der Waals surface area contributed by atoms with E-state index in [4.69, 9.17) is 5.73 Å². The molecule has 0 spiro atoms. The van der Waals surface area contributed by atoms with Gasteiger partial charge in [0, 0.05) is 12.1 Å². The van der Waals surface area contributed by atoms with E-state index in [0.717, 1.165) is 5.70 Å². The Hall–Kier alpha value is -0.790. The topological polar surface area (TPSA) is 26.0 Å². The molecular formula is C6H8FN. The molecule has 1 aliphatic rings. The number of rotatable bonds is 0. The van der Waals surface area contributed by atoms with Gasteiger partial charge < -0.3 is 5.73 Å². The zero-order valence-electron chi connectivity index (χ0n) is 4.52. The summed E-state index contributed by atoms with van der Waals surface area (Å²) < 4.78 is 12.1. The van der Waals surface area contributed by atoms with Gasteiger partial charge in [0.05, 0.1) is 0 Å². The molecule has 0 atom stereocenters. The van der Waals surface area contributed by atoms with Gasteiger partial charge in [0.25, 0.3) is 0 Å². The highest BCUT2D eigenvalue weighted by molar-refractivity contribution is 5.17. The van der Waals surface area contributed by atoms with Crippen LogP contribution in [0.3, 0.4) is 0 Å². The first-order valence-electron chi connectivity index (χ1n) is 2.60. The van der Waals surface area contributed by atoms with Crippen LogP contribution in [0.25, 0.3) is 0 Å². The summed E-state index contributed by atoms with van der Waals surface area (Å²) in [7, 11) is 0. The maximum absolute atomic E-state index is 12.1. The van der Waals surface area contributed by atoms with Crippen LogP contribution in [-0.4, -0.2) is 0 Å². The van der Waals surface area contributed by atoms with Crippen molar-refractivity contribution in [3.05, 3.63) is 23.7 Å². The van der Waals surface area contributed by atoms with Crippen LogP contribution >= 0.6 is 0 Å². The van der Waals surface area contributed by atoms with Crippen LogP contribution in [0, 0.1) is 0 Å². The lowest BCUT2D eigenvalue weighted by Gasteiger charge is -2.02. The van der Waals surface area contributed by atoms with Gasteiger partial charge in [-0.2, -0.15) is 0 Å². The van der Waals surface area contributed by atoms with E-state index in [1.807, 2.05) is 0 Å². The largest absolute Gasteiger partial charge is 0.402 e.